The van der Waals surface area contributed by atoms with E-state index in [9.17, 15) is 4.79 Å². The number of unbranched alkanes of at least 4 members (excludes halogenated alkanes) is 1. The van der Waals surface area contributed by atoms with Crippen molar-refractivity contribution in [2.24, 2.45) is 0 Å². The number of rotatable bonds is 8. The number of nitrogens with one attached hydrogen (secondary N) is 2. The van der Waals surface area contributed by atoms with E-state index < -0.39 is 0 Å². The minimum atomic E-state index is 0.0756. The first-order valence-corrected chi connectivity index (χ1v) is 7.07. The van der Waals surface area contributed by atoms with Crippen molar-refractivity contribution in [3.8, 4) is 0 Å². The lowest BCUT2D eigenvalue weighted by atomic mass is 10.2. The quantitative estimate of drug-likeness (QED) is 0.611. The molecule has 2 N–H and O–H groups in total. The Hall–Kier alpha value is -0.650. The van der Waals surface area contributed by atoms with Crippen molar-refractivity contribution < 1.29 is 9.53 Å². The van der Waals surface area contributed by atoms with Crippen LogP contribution in [0.5, 0.6) is 0 Å². The summed E-state index contributed by atoms with van der Waals surface area (Å²) >= 11 is 0. The van der Waals surface area contributed by atoms with Crippen LogP contribution in [-0.2, 0) is 9.53 Å². The maximum Gasteiger partial charge on any atom is 0.233 e. The second-order valence-electron chi connectivity index (χ2n) is 4.72. The Bertz CT molecular complexity index is 236. The summed E-state index contributed by atoms with van der Waals surface area (Å²) < 4.78 is 5.65. The molecule has 5 heteroatoms. The van der Waals surface area contributed by atoms with Crippen molar-refractivity contribution in [1.29, 1.82) is 0 Å². The van der Waals surface area contributed by atoms with Crippen LogP contribution in [0.15, 0.2) is 0 Å². The summed E-state index contributed by atoms with van der Waals surface area (Å²) in [5.74, 6) is 0.0756. The van der Waals surface area contributed by atoms with Gasteiger partial charge in [0.2, 0.25) is 5.91 Å². The molecule has 18 heavy (non-hydrogen) atoms. The third kappa shape index (κ3) is 6.33. The Labute approximate surface area is 110 Å². The van der Waals surface area contributed by atoms with E-state index in [2.05, 4.69) is 29.4 Å². The van der Waals surface area contributed by atoms with Gasteiger partial charge in [-0.1, -0.05) is 20.3 Å². The van der Waals surface area contributed by atoms with Gasteiger partial charge in [0.1, 0.15) is 0 Å². The first-order chi connectivity index (χ1) is 8.76. The molecule has 1 aliphatic heterocycles. The molecule has 5 nitrogen and oxygen atoms in total. The van der Waals surface area contributed by atoms with Crippen molar-refractivity contribution in [2.45, 2.75) is 32.8 Å². The highest BCUT2D eigenvalue weighted by Gasteiger charge is 2.18. The number of ether oxygens (including phenoxy) is 1. The van der Waals surface area contributed by atoms with Crippen LogP contribution in [0, 0.1) is 0 Å². The van der Waals surface area contributed by atoms with E-state index >= 15 is 0 Å². The lowest BCUT2D eigenvalue weighted by molar-refractivity contribution is -0.120. The van der Waals surface area contributed by atoms with Gasteiger partial charge in [0.05, 0.1) is 19.3 Å². The van der Waals surface area contributed by atoms with Crippen LogP contribution < -0.4 is 10.6 Å². The van der Waals surface area contributed by atoms with Crippen molar-refractivity contribution in [3.05, 3.63) is 0 Å². The molecule has 0 spiro atoms. The predicted octanol–water partition coefficient (Wildman–Crippen LogP) is 0.213. The van der Waals surface area contributed by atoms with Gasteiger partial charge in [-0.25, -0.2) is 0 Å². The predicted molar refractivity (Wildman–Crippen MR) is 72.6 cm³/mol. The fourth-order valence-corrected chi connectivity index (χ4v) is 2.00. The van der Waals surface area contributed by atoms with Crippen LogP contribution in [0.25, 0.3) is 0 Å². The number of nitrogens with zero attached hydrogens (tertiary/aromatic N) is 1. The average Bonchev–Trinajstić information content (AvgIpc) is 2.39. The standard InChI is InChI=1S/C13H27N3O2/c1-3-5-6-15-13(17)10-14-9-12-11-16(4-2)7-8-18-12/h12,14H,3-11H2,1-2H3,(H,15,17). The van der Waals surface area contributed by atoms with E-state index in [0.29, 0.717) is 6.54 Å². The molecule has 0 bridgehead atoms. The monoisotopic (exact) mass is 257 g/mol. The molecular formula is C13H27N3O2. The number of carbonyl (C=O) groups excluding carboxylic acids is 1. The van der Waals surface area contributed by atoms with Crippen molar-refractivity contribution in [3.63, 3.8) is 0 Å². The number of amides is 1. The third-order valence-electron chi connectivity index (χ3n) is 3.18. The molecule has 1 heterocycles. The van der Waals surface area contributed by atoms with E-state index in [1.54, 1.807) is 0 Å². The Kier molecular flexibility index (Phi) is 7.96. The molecule has 0 aromatic rings. The Balaban J connectivity index is 2.04. The summed E-state index contributed by atoms with van der Waals surface area (Å²) in [7, 11) is 0. The van der Waals surface area contributed by atoms with E-state index in [1.807, 2.05) is 0 Å². The molecular weight excluding hydrogens is 230 g/mol. The van der Waals surface area contributed by atoms with Gasteiger partial charge in [-0.05, 0) is 13.0 Å². The molecule has 0 aromatic heterocycles. The zero-order chi connectivity index (χ0) is 13.2. The van der Waals surface area contributed by atoms with Crippen LogP contribution in [0.2, 0.25) is 0 Å². The second-order valence-corrected chi connectivity index (χ2v) is 4.72. The molecule has 0 radical (unpaired) electrons. The zero-order valence-corrected chi connectivity index (χ0v) is 11.7. The molecule has 1 fully saturated rings. The average molecular weight is 257 g/mol. The minimum absolute atomic E-state index is 0.0756. The summed E-state index contributed by atoms with van der Waals surface area (Å²) in [6.07, 6.45) is 2.36. The SMILES string of the molecule is CCCCNC(=O)CNCC1CN(CC)CCO1. The number of likely N-dealkylation sites (N-methyl/N-ethyl adjacent to an activating group) is 1. The molecule has 0 aliphatic carbocycles. The first kappa shape index (κ1) is 15.4. The van der Waals surface area contributed by atoms with Gasteiger partial charge >= 0.3 is 0 Å². The molecule has 0 aromatic carbocycles. The number of hydrogen-bond donors (Lipinski definition) is 2. The Morgan fingerprint density at radius 2 is 2.28 bits per heavy atom. The number of morpholine rings is 1. The topological polar surface area (TPSA) is 53.6 Å². The smallest absolute Gasteiger partial charge is 0.233 e. The normalized spacial score (nSPS) is 20.9. The highest BCUT2D eigenvalue weighted by molar-refractivity contribution is 5.77. The molecule has 0 saturated carbocycles. The van der Waals surface area contributed by atoms with E-state index in [1.165, 1.54) is 0 Å². The fourth-order valence-electron chi connectivity index (χ4n) is 2.00. The van der Waals surface area contributed by atoms with Gasteiger partial charge in [0.15, 0.2) is 0 Å². The van der Waals surface area contributed by atoms with E-state index in [-0.39, 0.29) is 12.0 Å². The minimum Gasteiger partial charge on any atom is -0.374 e. The summed E-state index contributed by atoms with van der Waals surface area (Å²) in [4.78, 5) is 13.8. The van der Waals surface area contributed by atoms with Crippen LogP contribution in [0.4, 0.5) is 0 Å². The molecule has 1 saturated heterocycles. The van der Waals surface area contributed by atoms with Crippen molar-refractivity contribution in [1.82, 2.24) is 15.5 Å². The van der Waals surface area contributed by atoms with Gasteiger partial charge in [-0.2, -0.15) is 0 Å². The van der Waals surface area contributed by atoms with Crippen LogP contribution in [-0.4, -0.2) is 62.8 Å². The number of carbonyl (C=O) groups is 1. The molecule has 1 unspecified atom stereocenters. The Morgan fingerprint density at radius 3 is 3.00 bits per heavy atom. The summed E-state index contributed by atoms with van der Waals surface area (Å²) in [5, 5.41) is 6.05. The summed E-state index contributed by atoms with van der Waals surface area (Å²) in [6, 6.07) is 0. The van der Waals surface area contributed by atoms with Gasteiger partial charge < -0.3 is 15.4 Å². The highest BCUT2D eigenvalue weighted by Crippen LogP contribution is 2.03. The number of hydrogen-bond acceptors (Lipinski definition) is 4. The van der Waals surface area contributed by atoms with Gasteiger partial charge in [0, 0.05) is 26.2 Å². The van der Waals surface area contributed by atoms with Crippen LogP contribution in [0.3, 0.4) is 0 Å². The van der Waals surface area contributed by atoms with E-state index in [0.717, 1.165) is 52.2 Å². The maximum atomic E-state index is 11.5. The largest absolute Gasteiger partial charge is 0.374 e. The Morgan fingerprint density at radius 1 is 1.44 bits per heavy atom. The van der Waals surface area contributed by atoms with E-state index in [4.69, 9.17) is 4.74 Å². The molecule has 1 amide bonds. The molecule has 106 valence electrons. The fraction of sp³-hybridized carbons (Fsp3) is 0.923. The molecule has 1 aliphatic rings. The second kappa shape index (κ2) is 9.30. The van der Waals surface area contributed by atoms with Gasteiger partial charge in [-0.15, -0.1) is 0 Å². The third-order valence-corrected chi connectivity index (χ3v) is 3.18. The highest BCUT2D eigenvalue weighted by atomic mass is 16.5. The maximum absolute atomic E-state index is 11.5. The lowest BCUT2D eigenvalue weighted by Crippen LogP contribution is -2.47. The summed E-state index contributed by atoms with van der Waals surface area (Å²) in [6.45, 7) is 10.0. The van der Waals surface area contributed by atoms with Crippen molar-refractivity contribution in [2.75, 3.05) is 45.9 Å². The summed E-state index contributed by atoms with van der Waals surface area (Å²) in [5.41, 5.74) is 0. The van der Waals surface area contributed by atoms with Crippen LogP contribution in [0.1, 0.15) is 26.7 Å². The van der Waals surface area contributed by atoms with Gasteiger partial charge in [-0.3, -0.25) is 9.69 Å². The lowest BCUT2D eigenvalue weighted by Gasteiger charge is -2.32. The molecule has 1 rings (SSSR count). The first-order valence-electron chi connectivity index (χ1n) is 7.07. The molecule has 1 atom stereocenters. The van der Waals surface area contributed by atoms with Crippen molar-refractivity contribution >= 4 is 5.91 Å². The van der Waals surface area contributed by atoms with Gasteiger partial charge in [0.25, 0.3) is 0 Å². The van der Waals surface area contributed by atoms with Crippen LogP contribution >= 0.6 is 0 Å². The zero-order valence-electron chi connectivity index (χ0n) is 11.7.